The van der Waals surface area contributed by atoms with Gasteiger partial charge in [-0.05, 0) is 18.9 Å². The molecule has 1 aromatic carbocycles. The molecule has 4 rings (SSSR count). The Morgan fingerprint density at radius 1 is 1.29 bits per heavy atom. The molecule has 0 spiro atoms. The van der Waals surface area contributed by atoms with Crippen LogP contribution in [-0.4, -0.2) is 26.7 Å². The summed E-state index contributed by atoms with van der Waals surface area (Å²) in [6.07, 6.45) is 6.51. The number of aromatic nitrogens is 3. The average Bonchev–Trinajstić information content (AvgIpc) is 3.29. The number of hydrogen-bond donors (Lipinski definition) is 1. The predicted octanol–water partition coefficient (Wildman–Crippen LogP) is 3.06. The van der Waals surface area contributed by atoms with Gasteiger partial charge in [0.05, 0.1) is 5.56 Å². The van der Waals surface area contributed by atoms with Crippen molar-refractivity contribution in [1.29, 1.82) is 0 Å². The molecule has 1 saturated carbocycles. The van der Waals surface area contributed by atoms with E-state index in [-0.39, 0.29) is 5.91 Å². The molecule has 1 amide bonds. The first-order chi connectivity index (χ1) is 11.7. The van der Waals surface area contributed by atoms with E-state index >= 15 is 0 Å². The molecule has 6 nitrogen and oxygen atoms in total. The number of carbonyl (C=O) groups is 1. The minimum atomic E-state index is 0.0518. The van der Waals surface area contributed by atoms with Gasteiger partial charge in [-0.1, -0.05) is 31.0 Å². The third-order valence-corrected chi connectivity index (χ3v) is 4.58. The van der Waals surface area contributed by atoms with Crippen LogP contribution in [0.1, 0.15) is 31.6 Å². The van der Waals surface area contributed by atoms with Gasteiger partial charge in [0.2, 0.25) is 17.7 Å². The van der Waals surface area contributed by atoms with Crippen molar-refractivity contribution >= 4 is 16.8 Å². The number of carbonyl (C=O) groups excluding carboxylic acids is 1. The smallest absolute Gasteiger partial charge is 0.249 e. The van der Waals surface area contributed by atoms with E-state index in [1.165, 1.54) is 12.8 Å². The van der Waals surface area contributed by atoms with Gasteiger partial charge in [-0.2, -0.15) is 0 Å². The summed E-state index contributed by atoms with van der Waals surface area (Å²) in [5.74, 6) is 1.07. The number of rotatable bonds is 4. The predicted molar refractivity (Wildman–Crippen MR) is 90.4 cm³/mol. The van der Waals surface area contributed by atoms with Crippen molar-refractivity contribution in [3.05, 3.63) is 36.4 Å². The van der Waals surface area contributed by atoms with Gasteiger partial charge in [0.25, 0.3) is 0 Å². The minimum absolute atomic E-state index is 0.0518. The molecule has 0 unspecified atom stereocenters. The highest BCUT2D eigenvalue weighted by atomic mass is 16.4. The van der Waals surface area contributed by atoms with Gasteiger partial charge in [0.1, 0.15) is 6.54 Å². The molecule has 1 aliphatic carbocycles. The van der Waals surface area contributed by atoms with E-state index in [0.29, 0.717) is 24.4 Å². The molecular formula is C18H20N4O2. The van der Waals surface area contributed by atoms with E-state index in [9.17, 15) is 4.79 Å². The molecule has 0 bridgehead atoms. The molecule has 124 valence electrons. The highest BCUT2D eigenvalue weighted by Crippen LogP contribution is 2.29. The zero-order valence-corrected chi connectivity index (χ0v) is 13.7. The van der Waals surface area contributed by atoms with Crippen LogP contribution in [0.3, 0.4) is 0 Å². The quantitative estimate of drug-likeness (QED) is 0.800. The lowest BCUT2D eigenvalue weighted by molar-refractivity contribution is -0.122. The van der Waals surface area contributed by atoms with E-state index in [0.717, 1.165) is 29.3 Å². The Morgan fingerprint density at radius 3 is 2.83 bits per heavy atom. The second-order valence-corrected chi connectivity index (χ2v) is 6.36. The fourth-order valence-electron chi connectivity index (χ4n) is 3.45. The molecule has 6 heteroatoms. The second kappa shape index (κ2) is 6.11. The lowest BCUT2D eigenvalue weighted by atomic mass is 10.2. The summed E-state index contributed by atoms with van der Waals surface area (Å²) in [7, 11) is 0. The lowest BCUT2D eigenvalue weighted by Crippen LogP contribution is -2.35. The summed E-state index contributed by atoms with van der Waals surface area (Å²) in [5, 5.41) is 12.2. The fourth-order valence-corrected chi connectivity index (χ4v) is 3.45. The van der Waals surface area contributed by atoms with Crippen molar-refractivity contribution in [1.82, 2.24) is 20.1 Å². The Bertz CT molecular complexity index is 874. The normalized spacial score (nSPS) is 15.2. The van der Waals surface area contributed by atoms with Gasteiger partial charge >= 0.3 is 0 Å². The third kappa shape index (κ3) is 2.79. The summed E-state index contributed by atoms with van der Waals surface area (Å²) < 4.78 is 7.52. The number of amides is 1. The second-order valence-electron chi connectivity index (χ2n) is 6.36. The maximum atomic E-state index is 12.4. The van der Waals surface area contributed by atoms with E-state index in [1.54, 1.807) is 6.92 Å². The number of benzene rings is 1. The number of aryl methyl sites for hydroxylation is 1. The number of fused-ring (bicyclic) bond motifs is 1. The van der Waals surface area contributed by atoms with E-state index in [1.807, 2.05) is 35.0 Å². The van der Waals surface area contributed by atoms with Crippen LogP contribution in [0.2, 0.25) is 0 Å². The van der Waals surface area contributed by atoms with Crippen LogP contribution in [0.4, 0.5) is 0 Å². The summed E-state index contributed by atoms with van der Waals surface area (Å²) in [6.45, 7) is 2.06. The van der Waals surface area contributed by atoms with Crippen LogP contribution >= 0.6 is 0 Å². The largest absolute Gasteiger partial charge is 0.421 e. The topological polar surface area (TPSA) is 73.0 Å². The highest BCUT2D eigenvalue weighted by molar-refractivity contribution is 5.94. The van der Waals surface area contributed by atoms with Crippen molar-refractivity contribution in [2.45, 2.75) is 45.2 Å². The van der Waals surface area contributed by atoms with Gasteiger partial charge < -0.3 is 14.3 Å². The Kier molecular flexibility index (Phi) is 3.80. The van der Waals surface area contributed by atoms with Crippen molar-refractivity contribution in [3.8, 4) is 11.5 Å². The van der Waals surface area contributed by atoms with Crippen LogP contribution in [0.5, 0.6) is 0 Å². The van der Waals surface area contributed by atoms with E-state index in [2.05, 4.69) is 15.5 Å². The molecule has 2 heterocycles. The molecule has 1 N–H and O–H groups in total. The maximum Gasteiger partial charge on any atom is 0.249 e. The van der Waals surface area contributed by atoms with Gasteiger partial charge in [0.15, 0.2) is 0 Å². The van der Waals surface area contributed by atoms with Crippen molar-refractivity contribution in [2.24, 2.45) is 0 Å². The minimum Gasteiger partial charge on any atom is -0.421 e. The Morgan fingerprint density at radius 2 is 2.08 bits per heavy atom. The molecular weight excluding hydrogens is 304 g/mol. The Hall–Kier alpha value is -2.63. The average molecular weight is 324 g/mol. The molecule has 0 aliphatic heterocycles. The molecule has 0 saturated heterocycles. The number of nitrogens with one attached hydrogen (secondary N) is 1. The monoisotopic (exact) mass is 324 g/mol. The third-order valence-electron chi connectivity index (χ3n) is 4.58. The molecule has 1 aliphatic rings. The zero-order valence-electron chi connectivity index (χ0n) is 13.7. The highest BCUT2D eigenvalue weighted by Gasteiger charge is 2.19. The van der Waals surface area contributed by atoms with Crippen molar-refractivity contribution < 1.29 is 9.21 Å². The molecule has 0 atom stereocenters. The number of hydrogen-bond acceptors (Lipinski definition) is 4. The molecule has 24 heavy (non-hydrogen) atoms. The number of para-hydroxylation sites is 1. The molecule has 2 aromatic heterocycles. The van der Waals surface area contributed by atoms with Crippen LogP contribution < -0.4 is 5.32 Å². The summed E-state index contributed by atoms with van der Waals surface area (Å²) in [6, 6.07) is 8.28. The lowest BCUT2D eigenvalue weighted by Gasteiger charge is -2.12. The first kappa shape index (κ1) is 14.9. The van der Waals surface area contributed by atoms with E-state index < -0.39 is 0 Å². The van der Waals surface area contributed by atoms with Crippen LogP contribution in [0, 0.1) is 6.92 Å². The molecule has 3 aromatic rings. The first-order valence-electron chi connectivity index (χ1n) is 8.38. The summed E-state index contributed by atoms with van der Waals surface area (Å²) in [5.41, 5.74) is 1.85. The van der Waals surface area contributed by atoms with Crippen LogP contribution in [0.25, 0.3) is 22.4 Å². The van der Waals surface area contributed by atoms with Crippen LogP contribution in [0.15, 0.2) is 34.9 Å². The SMILES string of the molecule is Cc1nnc(-c2cn(CC(=O)NC3CCCC3)c3ccccc23)o1. The molecule has 0 radical (unpaired) electrons. The molecule has 1 fully saturated rings. The van der Waals surface area contributed by atoms with Gasteiger partial charge in [-0.3, -0.25) is 4.79 Å². The maximum absolute atomic E-state index is 12.4. The van der Waals surface area contributed by atoms with Crippen molar-refractivity contribution in [2.75, 3.05) is 0 Å². The van der Waals surface area contributed by atoms with Crippen molar-refractivity contribution in [3.63, 3.8) is 0 Å². The first-order valence-corrected chi connectivity index (χ1v) is 8.38. The fraction of sp³-hybridized carbons (Fsp3) is 0.389. The van der Waals surface area contributed by atoms with Gasteiger partial charge in [-0.25, -0.2) is 0 Å². The van der Waals surface area contributed by atoms with Crippen LogP contribution in [-0.2, 0) is 11.3 Å². The standard InChI is InChI=1S/C18H20N4O2/c1-12-20-21-18(24-12)15-10-22(16-9-5-4-8-14(15)16)11-17(23)19-13-6-2-3-7-13/h4-5,8-10,13H,2-3,6-7,11H2,1H3,(H,19,23). The Labute approximate surface area is 139 Å². The summed E-state index contributed by atoms with van der Waals surface area (Å²) in [4.78, 5) is 12.4. The summed E-state index contributed by atoms with van der Waals surface area (Å²) >= 11 is 0. The Balaban J connectivity index is 1.64. The zero-order chi connectivity index (χ0) is 16.5. The van der Waals surface area contributed by atoms with E-state index in [4.69, 9.17) is 4.42 Å². The van der Waals surface area contributed by atoms with Gasteiger partial charge in [-0.15, -0.1) is 10.2 Å². The van der Waals surface area contributed by atoms with Gasteiger partial charge in [0, 0.05) is 30.1 Å². The number of nitrogens with zero attached hydrogens (tertiary/aromatic N) is 3.